The second-order valence-corrected chi connectivity index (χ2v) is 3.38. The normalized spacial score (nSPS) is 30.0. The summed E-state index contributed by atoms with van der Waals surface area (Å²) in [7, 11) is 0. The maximum Gasteiger partial charge on any atom is 0.240 e. The smallest absolute Gasteiger partial charge is 0.240 e. The van der Waals surface area contributed by atoms with E-state index in [1.807, 2.05) is 0 Å². The van der Waals surface area contributed by atoms with Crippen LogP contribution in [-0.2, 0) is 23.7 Å². The van der Waals surface area contributed by atoms with Gasteiger partial charge in [0.05, 0.1) is 25.0 Å². The van der Waals surface area contributed by atoms with Crippen LogP contribution in [0.3, 0.4) is 0 Å². The molecule has 5 heteroatoms. The van der Waals surface area contributed by atoms with Crippen LogP contribution in [0.25, 0.3) is 0 Å². The Morgan fingerprint density at radius 2 is 1.44 bits per heavy atom. The third-order valence-electron chi connectivity index (χ3n) is 2.38. The lowest BCUT2D eigenvalue weighted by molar-refractivity contribution is -0.140. The first kappa shape index (κ1) is 14.2. The van der Waals surface area contributed by atoms with Gasteiger partial charge in [-0.05, 0) is 0 Å². The van der Waals surface area contributed by atoms with E-state index in [1.165, 1.54) is 25.0 Å². The van der Waals surface area contributed by atoms with E-state index in [9.17, 15) is 0 Å². The lowest BCUT2D eigenvalue weighted by Crippen LogP contribution is -2.37. The van der Waals surface area contributed by atoms with Gasteiger partial charge in [0.2, 0.25) is 6.29 Å². The maximum atomic E-state index is 5.62. The molecular formula is C13H18O5. The van der Waals surface area contributed by atoms with Crippen LogP contribution < -0.4 is 0 Å². The second-order valence-electron chi connectivity index (χ2n) is 3.38. The van der Waals surface area contributed by atoms with Gasteiger partial charge in [-0.25, -0.2) is 0 Å². The number of hydrogen-bond acceptors (Lipinski definition) is 5. The van der Waals surface area contributed by atoms with Gasteiger partial charge in [-0.3, -0.25) is 0 Å². The molecule has 0 radical (unpaired) electrons. The fraction of sp³-hybridized carbons (Fsp3) is 0.385. The van der Waals surface area contributed by atoms with E-state index in [0.717, 1.165) is 0 Å². The van der Waals surface area contributed by atoms with Gasteiger partial charge in [0, 0.05) is 0 Å². The highest BCUT2D eigenvalue weighted by molar-refractivity contribution is 4.92. The van der Waals surface area contributed by atoms with Crippen molar-refractivity contribution in [3.63, 3.8) is 0 Å². The van der Waals surface area contributed by atoms with Crippen LogP contribution in [0.15, 0.2) is 51.4 Å². The lowest BCUT2D eigenvalue weighted by Gasteiger charge is -2.22. The van der Waals surface area contributed by atoms with Crippen molar-refractivity contribution in [2.45, 2.75) is 24.6 Å². The Labute approximate surface area is 107 Å². The molecule has 0 bridgehead atoms. The highest BCUT2D eigenvalue weighted by atomic mass is 16.7. The van der Waals surface area contributed by atoms with Gasteiger partial charge < -0.3 is 23.7 Å². The quantitative estimate of drug-likeness (QED) is 0.589. The standard InChI is InChI=1S/C13H18O5/c1-5-14-9-10-11(15-6-2)12(16-7-3)13(18-10)17-8-4/h5-8,10-13H,1-4,9H2. The third-order valence-corrected chi connectivity index (χ3v) is 2.38. The third kappa shape index (κ3) is 3.30. The van der Waals surface area contributed by atoms with Gasteiger partial charge in [0.25, 0.3) is 0 Å². The van der Waals surface area contributed by atoms with E-state index >= 15 is 0 Å². The number of hydrogen-bond donors (Lipinski definition) is 0. The van der Waals surface area contributed by atoms with Crippen molar-refractivity contribution in [1.29, 1.82) is 0 Å². The monoisotopic (exact) mass is 254 g/mol. The highest BCUT2D eigenvalue weighted by Crippen LogP contribution is 2.28. The van der Waals surface area contributed by atoms with Crippen LogP contribution in [0.2, 0.25) is 0 Å². The van der Waals surface area contributed by atoms with E-state index in [0.29, 0.717) is 0 Å². The predicted molar refractivity (Wildman–Crippen MR) is 66.2 cm³/mol. The molecule has 0 amide bonds. The van der Waals surface area contributed by atoms with Crippen molar-refractivity contribution in [2.75, 3.05) is 6.61 Å². The summed E-state index contributed by atoms with van der Waals surface area (Å²) >= 11 is 0. The fourth-order valence-electron chi connectivity index (χ4n) is 1.72. The molecule has 0 aromatic rings. The van der Waals surface area contributed by atoms with Crippen molar-refractivity contribution >= 4 is 0 Å². The summed E-state index contributed by atoms with van der Waals surface area (Å²) in [5.41, 5.74) is 0. The average Bonchev–Trinajstić information content (AvgIpc) is 2.67. The van der Waals surface area contributed by atoms with Crippen molar-refractivity contribution < 1.29 is 23.7 Å². The molecule has 4 unspecified atom stereocenters. The van der Waals surface area contributed by atoms with E-state index < -0.39 is 18.5 Å². The fourth-order valence-corrected chi connectivity index (χ4v) is 1.72. The summed E-state index contributed by atoms with van der Waals surface area (Å²) in [6.45, 7) is 14.3. The van der Waals surface area contributed by atoms with Gasteiger partial charge in [0.15, 0.2) is 12.2 Å². The van der Waals surface area contributed by atoms with Crippen LogP contribution in [-0.4, -0.2) is 31.2 Å². The molecule has 1 rings (SSSR count). The van der Waals surface area contributed by atoms with E-state index in [-0.39, 0.29) is 12.7 Å². The van der Waals surface area contributed by atoms with Crippen LogP contribution in [0.1, 0.15) is 0 Å². The molecule has 5 nitrogen and oxygen atoms in total. The first-order chi connectivity index (χ1) is 8.78. The lowest BCUT2D eigenvalue weighted by atomic mass is 10.1. The Balaban J connectivity index is 2.77. The molecule has 1 aliphatic heterocycles. The average molecular weight is 254 g/mol. The van der Waals surface area contributed by atoms with E-state index in [2.05, 4.69) is 26.3 Å². The molecule has 0 N–H and O–H groups in total. The summed E-state index contributed by atoms with van der Waals surface area (Å²) in [5, 5.41) is 0. The molecule has 0 aliphatic carbocycles. The SMILES string of the molecule is C=COCC1OC(OC=C)C(OC=C)C1OC=C. The number of rotatable bonds is 9. The minimum atomic E-state index is -0.635. The zero-order valence-corrected chi connectivity index (χ0v) is 10.2. The Kier molecular flexibility index (Phi) is 5.87. The molecule has 100 valence electrons. The minimum absolute atomic E-state index is 0.274. The van der Waals surface area contributed by atoms with Gasteiger partial charge in [-0.15, -0.1) is 0 Å². The summed E-state index contributed by atoms with van der Waals surface area (Å²) in [6, 6.07) is 0. The van der Waals surface area contributed by atoms with Crippen LogP contribution in [0, 0.1) is 0 Å². The van der Waals surface area contributed by atoms with Crippen molar-refractivity contribution in [3.8, 4) is 0 Å². The zero-order valence-electron chi connectivity index (χ0n) is 10.2. The topological polar surface area (TPSA) is 46.2 Å². The molecular weight excluding hydrogens is 236 g/mol. The molecule has 1 heterocycles. The largest absolute Gasteiger partial charge is 0.499 e. The first-order valence-electron chi connectivity index (χ1n) is 5.45. The molecule has 0 aromatic carbocycles. The van der Waals surface area contributed by atoms with Crippen LogP contribution >= 0.6 is 0 Å². The van der Waals surface area contributed by atoms with Gasteiger partial charge in [-0.2, -0.15) is 0 Å². The summed E-state index contributed by atoms with van der Waals surface area (Å²) < 4.78 is 26.7. The molecule has 18 heavy (non-hydrogen) atoms. The Morgan fingerprint density at radius 3 is 2.00 bits per heavy atom. The molecule has 0 spiro atoms. The number of ether oxygens (including phenoxy) is 5. The second kappa shape index (κ2) is 7.45. The first-order valence-corrected chi connectivity index (χ1v) is 5.45. The molecule has 1 aliphatic rings. The van der Waals surface area contributed by atoms with Crippen LogP contribution in [0.4, 0.5) is 0 Å². The maximum absolute atomic E-state index is 5.62. The summed E-state index contributed by atoms with van der Waals surface area (Å²) in [6.07, 6.45) is 3.36. The Bertz CT molecular complexity index is 302. The minimum Gasteiger partial charge on any atom is -0.499 e. The zero-order chi connectivity index (χ0) is 13.4. The highest BCUT2D eigenvalue weighted by Gasteiger charge is 2.48. The van der Waals surface area contributed by atoms with Gasteiger partial charge in [-0.1, -0.05) is 26.3 Å². The van der Waals surface area contributed by atoms with Gasteiger partial charge in [0.1, 0.15) is 12.7 Å². The van der Waals surface area contributed by atoms with Crippen molar-refractivity contribution in [3.05, 3.63) is 51.4 Å². The Morgan fingerprint density at radius 1 is 0.833 bits per heavy atom. The molecule has 1 fully saturated rings. The summed E-state index contributed by atoms with van der Waals surface area (Å²) in [4.78, 5) is 0. The molecule has 1 saturated heterocycles. The molecule has 0 aromatic heterocycles. The van der Waals surface area contributed by atoms with E-state index in [1.54, 1.807) is 0 Å². The van der Waals surface area contributed by atoms with Crippen molar-refractivity contribution in [1.82, 2.24) is 0 Å². The molecule has 4 atom stereocenters. The molecule has 0 saturated carbocycles. The predicted octanol–water partition coefficient (Wildman–Crippen LogP) is 2.09. The van der Waals surface area contributed by atoms with E-state index in [4.69, 9.17) is 23.7 Å². The Hall–Kier alpha value is -1.88. The summed E-state index contributed by atoms with van der Waals surface area (Å²) in [5.74, 6) is 0. The van der Waals surface area contributed by atoms with Crippen LogP contribution in [0.5, 0.6) is 0 Å². The van der Waals surface area contributed by atoms with Crippen molar-refractivity contribution in [2.24, 2.45) is 0 Å². The van der Waals surface area contributed by atoms with Gasteiger partial charge >= 0.3 is 0 Å².